The summed E-state index contributed by atoms with van der Waals surface area (Å²) in [5.41, 5.74) is 0.787. The zero-order chi connectivity index (χ0) is 12.0. The monoisotopic (exact) mass is 223 g/mol. The van der Waals surface area contributed by atoms with Gasteiger partial charge < -0.3 is 15.2 Å². The van der Waals surface area contributed by atoms with Crippen molar-refractivity contribution in [3.8, 4) is 0 Å². The van der Waals surface area contributed by atoms with Crippen LogP contribution in [0.3, 0.4) is 0 Å². The van der Waals surface area contributed by atoms with E-state index in [0.29, 0.717) is 0 Å². The zero-order valence-electron chi connectivity index (χ0n) is 10.2. The molecule has 3 heteroatoms. The van der Waals surface area contributed by atoms with Crippen molar-refractivity contribution in [2.24, 2.45) is 0 Å². The van der Waals surface area contributed by atoms with Crippen LogP contribution in [0.5, 0.6) is 0 Å². The number of benzene rings is 1. The van der Waals surface area contributed by atoms with Crippen LogP contribution in [0.15, 0.2) is 30.3 Å². The first-order chi connectivity index (χ1) is 7.62. The fourth-order valence-electron chi connectivity index (χ4n) is 1.49. The number of ether oxygens (including phenoxy) is 1. The second-order valence-electron chi connectivity index (χ2n) is 4.29. The van der Waals surface area contributed by atoms with Crippen molar-refractivity contribution in [1.82, 2.24) is 5.32 Å². The van der Waals surface area contributed by atoms with Crippen LogP contribution in [-0.4, -0.2) is 30.5 Å². The Morgan fingerprint density at radius 2 is 2.00 bits per heavy atom. The minimum Gasteiger partial charge on any atom is -0.394 e. The average molecular weight is 223 g/mol. The van der Waals surface area contributed by atoms with E-state index in [2.05, 4.69) is 17.4 Å². The third-order valence-electron chi connectivity index (χ3n) is 3.12. The molecule has 1 aromatic carbocycles. The Labute approximate surface area is 97.4 Å². The van der Waals surface area contributed by atoms with Gasteiger partial charge in [-0.25, -0.2) is 0 Å². The molecule has 2 unspecified atom stereocenters. The first kappa shape index (κ1) is 13.2. The summed E-state index contributed by atoms with van der Waals surface area (Å²) in [5, 5.41) is 12.8. The molecular formula is C13H21NO2. The van der Waals surface area contributed by atoms with E-state index in [0.717, 1.165) is 6.54 Å². The molecule has 1 rings (SSSR count). The van der Waals surface area contributed by atoms with Gasteiger partial charge in [0, 0.05) is 13.7 Å². The molecule has 0 aliphatic heterocycles. The Hall–Kier alpha value is -0.900. The van der Waals surface area contributed by atoms with Gasteiger partial charge >= 0.3 is 0 Å². The second kappa shape index (κ2) is 5.99. The number of rotatable bonds is 6. The van der Waals surface area contributed by atoms with Gasteiger partial charge in [0.15, 0.2) is 0 Å². The summed E-state index contributed by atoms with van der Waals surface area (Å²) in [4.78, 5) is 0. The van der Waals surface area contributed by atoms with Crippen LogP contribution in [0.2, 0.25) is 0 Å². The number of hydrogen-bond acceptors (Lipinski definition) is 3. The Kier molecular flexibility index (Phi) is 4.93. The summed E-state index contributed by atoms with van der Waals surface area (Å²) in [6.07, 6.45) is -0.0405. The van der Waals surface area contributed by atoms with Crippen molar-refractivity contribution in [2.45, 2.75) is 32.0 Å². The summed E-state index contributed by atoms with van der Waals surface area (Å²) in [6, 6.07) is 10.1. The largest absolute Gasteiger partial charge is 0.394 e. The Morgan fingerprint density at radius 3 is 2.50 bits per heavy atom. The van der Waals surface area contributed by atoms with E-state index in [1.165, 1.54) is 5.56 Å². The van der Waals surface area contributed by atoms with Gasteiger partial charge in [-0.1, -0.05) is 30.3 Å². The number of nitrogens with one attached hydrogen (secondary N) is 1. The quantitative estimate of drug-likeness (QED) is 0.769. The zero-order valence-corrected chi connectivity index (χ0v) is 10.2. The van der Waals surface area contributed by atoms with E-state index < -0.39 is 5.54 Å². The van der Waals surface area contributed by atoms with Gasteiger partial charge in [0.25, 0.3) is 0 Å². The van der Waals surface area contributed by atoms with E-state index >= 15 is 0 Å². The lowest BCUT2D eigenvalue weighted by Gasteiger charge is -2.34. The minimum absolute atomic E-state index is 0.0405. The molecule has 0 aliphatic rings. The van der Waals surface area contributed by atoms with Crippen LogP contribution in [0.25, 0.3) is 0 Å². The van der Waals surface area contributed by atoms with Crippen LogP contribution < -0.4 is 5.32 Å². The van der Waals surface area contributed by atoms with Gasteiger partial charge in [-0.3, -0.25) is 0 Å². The summed E-state index contributed by atoms with van der Waals surface area (Å²) in [5.74, 6) is 0. The molecule has 3 nitrogen and oxygen atoms in total. The number of hydrogen-bond donors (Lipinski definition) is 2. The highest BCUT2D eigenvalue weighted by atomic mass is 16.5. The van der Waals surface area contributed by atoms with Gasteiger partial charge in [-0.2, -0.15) is 0 Å². The first-order valence-corrected chi connectivity index (χ1v) is 5.55. The highest BCUT2D eigenvalue weighted by Crippen LogP contribution is 2.13. The van der Waals surface area contributed by atoms with Crippen molar-refractivity contribution < 1.29 is 9.84 Å². The topological polar surface area (TPSA) is 41.5 Å². The van der Waals surface area contributed by atoms with Crippen LogP contribution in [0.4, 0.5) is 0 Å². The van der Waals surface area contributed by atoms with Crippen molar-refractivity contribution in [3.05, 3.63) is 35.9 Å². The van der Waals surface area contributed by atoms with Gasteiger partial charge in [0.2, 0.25) is 0 Å². The lowest BCUT2D eigenvalue weighted by Crippen LogP contribution is -2.54. The van der Waals surface area contributed by atoms with Crippen molar-refractivity contribution in [3.63, 3.8) is 0 Å². The average Bonchev–Trinajstić information content (AvgIpc) is 2.36. The molecule has 0 bridgehead atoms. The van der Waals surface area contributed by atoms with Crippen LogP contribution in [-0.2, 0) is 11.3 Å². The highest BCUT2D eigenvalue weighted by molar-refractivity contribution is 5.14. The summed E-state index contributed by atoms with van der Waals surface area (Å²) >= 11 is 0. The molecule has 0 aromatic heterocycles. The first-order valence-electron chi connectivity index (χ1n) is 5.55. The molecule has 90 valence electrons. The third kappa shape index (κ3) is 3.30. The van der Waals surface area contributed by atoms with Gasteiger partial charge in [0.05, 0.1) is 18.2 Å². The lowest BCUT2D eigenvalue weighted by atomic mass is 9.96. The minimum atomic E-state index is -0.412. The maximum absolute atomic E-state index is 9.42. The number of methoxy groups -OCH3 is 1. The molecule has 2 atom stereocenters. The molecule has 1 aromatic rings. The Bertz CT molecular complexity index is 302. The van der Waals surface area contributed by atoms with E-state index in [-0.39, 0.29) is 12.7 Å². The number of aliphatic hydroxyl groups excluding tert-OH is 1. The van der Waals surface area contributed by atoms with Crippen molar-refractivity contribution in [1.29, 1.82) is 0 Å². The van der Waals surface area contributed by atoms with E-state index in [4.69, 9.17) is 4.74 Å². The predicted octanol–water partition coefficient (Wildman–Crippen LogP) is 1.56. The smallest absolute Gasteiger partial charge is 0.0744 e. The molecule has 0 heterocycles. The molecule has 0 aliphatic carbocycles. The molecule has 0 amide bonds. The summed E-state index contributed by atoms with van der Waals surface area (Å²) in [6.45, 7) is 4.69. The second-order valence-corrected chi connectivity index (χ2v) is 4.29. The molecule has 2 N–H and O–H groups in total. The number of aliphatic hydroxyl groups is 1. The van der Waals surface area contributed by atoms with E-state index in [1.807, 2.05) is 32.0 Å². The molecular weight excluding hydrogens is 202 g/mol. The molecule has 0 spiro atoms. The molecule has 0 radical (unpaired) electrons. The summed E-state index contributed by atoms with van der Waals surface area (Å²) in [7, 11) is 1.66. The van der Waals surface area contributed by atoms with E-state index in [9.17, 15) is 5.11 Å². The molecule has 0 fully saturated rings. The van der Waals surface area contributed by atoms with Gasteiger partial charge in [-0.05, 0) is 19.4 Å². The fraction of sp³-hybridized carbons (Fsp3) is 0.538. The fourth-order valence-corrected chi connectivity index (χ4v) is 1.49. The maximum Gasteiger partial charge on any atom is 0.0744 e. The Morgan fingerprint density at radius 1 is 1.38 bits per heavy atom. The standard InChI is InChI=1S/C13H21NO2/c1-11(16-3)13(2,10-15)14-9-12-7-5-4-6-8-12/h4-8,11,14-15H,9-10H2,1-3H3. The highest BCUT2D eigenvalue weighted by Gasteiger charge is 2.29. The van der Waals surface area contributed by atoms with Crippen molar-refractivity contribution >= 4 is 0 Å². The lowest BCUT2D eigenvalue weighted by molar-refractivity contribution is 0.00720. The van der Waals surface area contributed by atoms with Crippen LogP contribution >= 0.6 is 0 Å². The normalized spacial score (nSPS) is 16.8. The van der Waals surface area contributed by atoms with Gasteiger partial charge in [-0.15, -0.1) is 0 Å². The molecule has 0 saturated carbocycles. The molecule has 0 saturated heterocycles. The van der Waals surface area contributed by atoms with Crippen LogP contribution in [0.1, 0.15) is 19.4 Å². The summed E-state index contributed by atoms with van der Waals surface area (Å²) < 4.78 is 5.27. The molecule has 16 heavy (non-hydrogen) atoms. The van der Waals surface area contributed by atoms with E-state index in [1.54, 1.807) is 7.11 Å². The maximum atomic E-state index is 9.42. The third-order valence-corrected chi connectivity index (χ3v) is 3.12. The SMILES string of the molecule is COC(C)C(C)(CO)NCc1ccccc1. The van der Waals surface area contributed by atoms with Crippen LogP contribution in [0, 0.1) is 0 Å². The Balaban J connectivity index is 2.58. The predicted molar refractivity (Wildman–Crippen MR) is 65.2 cm³/mol. The van der Waals surface area contributed by atoms with Crippen molar-refractivity contribution in [2.75, 3.05) is 13.7 Å². The van der Waals surface area contributed by atoms with Gasteiger partial charge in [0.1, 0.15) is 0 Å².